The van der Waals surface area contributed by atoms with Crippen LogP contribution in [0.2, 0.25) is 0 Å². The highest BCUT2D eigenvalue weighted by Crippen LogP contribution is 2.28. The molecule has 2 aromatic heterocycles. The number of thioether (sulfide) groups is 1. The summed E-state index contributed by atoms with van der Waals surface area (Å²) in [5.41, 5.74) is 3.08. The number of amides is 1. The van der Waals surface area contributed by atoms with Gasteiger partial charge in [-0.05, 0) is 26.3 Å². The highest BCUT2D eigenvalue weighted by molar-refractivity contribution is 8.00. The average molecular weight is 374 g/mol. The minimum Gasteiger partial charge on any atom is -0.305 e. The van der Waals surface area contributed by atoms with Crippen molar-refractivity contribution < 1.29 is 4.79 Å². The number of aromatic nitrogens is 4. The summed E-state index contributed by atoms with van der Waals surface area (Å²) in [4.78, 5) is 16.6. The normalized spacial score (nSPS) is 12.2. The van der Waals surface area contributed by atoms with E-state index in [1.807, 2.05) is 62.0 Å². The zero-order valence-electron chi connectivity index (χ0n) is 14.5. The quantitative estimate of drug-likeness (QED) is 0.691. The Labute approximate surface area is 154 Å². The van der Waals surface area contributed by atoms with E-state index in [1.54, 1.807) is 0 Å². The summed E-state index contributed by atoms with van der Waals surface area (Å²) in [7, 11) is 1.92. The van der Waals surface area contributed by atoms with Gasteiger partial charge >= 0.3 is 0 Å². The minimum absolute atomic E-state index is 0.0974. The minimum atomic E-state index is -0.308. The number of nitrogens with zero attached hydrogens (tertiary/aromatic N) is 4. The molecule has 0 aliphatic rings. The Morgan fingerprint density at radius 1 is 1.28 bits per heavy atom. The fourth-order valence-electron chi connectivity index (χ4n) is 2.31. The second-order valence-corrected chi connectivity index (χ2v) is 7.89. The van der Waals surface area contributed by atoms with Crippen molar-refractivity contribution in [2.45, 2.75) is 31.2 Å². The lowest BCUT2D eigenvalue weighted by Crippen LogP contribution is -2.22. The van der Waals surface area contributed by atoms with Gasteiger partial charge in [-0.3, -0.25) is 4.79 Å². The third kappa shape index (κ3) is 3.91. The van der Waals surface area contributed by atoms with Gasteiger partial charge in [0.1, 0.15) is 0 Å². The molecule has 0 saturated heterocycles. The van der Waals surface area contributed by atoms with Crippen molar-refractivity contribution >= 4 is 34.1 Å². The van der Waals surface area contributed by atoms with Gasteiger partial charge in [0.05, 0.1) is 10.9 Å². The molecule has 1 aromatic carbocycles. The Kier molecular flexibility index (Phi) is 5.19. The van der Waals surface area contributed by atoms with E-state index in [9.17, 15) is 4.79 Å². The van der Waals surface area contributed by atoms with Crippen LogP contribution in [-0.2, 0) is 11.8 Å². The predicted molar refractivity (Wildman–Crippen MR) is 102 cm³/mol. The Bertz CT molecular complexity index is 902. The molecule has 0 bridgehead atoms. The summed E-state index contributed by atoms with van der Waals surface area (Å²) in [6, 6.07) is 8.05. The van der Waals surface area contributed by atoms with Crippen LogP contribution in [0.3, 0.4) is 0 Å². The van der Waals surface area contributed by atoms with Crippen LogP contribution in [0.15, 0.2) is 34.8 Å². The van der Waals surface area contributed by atoms with Crippen molar-refractivity contribution in [1.29, 1.82) is 0 Å². The molecule has 130 valence electrons. The molecule has 2 heterocycles. The first kappa shape index (κ1) is 17.6. The Morgan fingerprint density at radius 2 is 2.04 bits per heavy atom. The Balaban J connectivity index is 1.73. The van der Waals surface area contributed by atoms with Crippen molar-refractivity contribution in [2.24, 2.45) is 7.05 Å². The molecule has 8 heteroatoms. The van der Waals surface area contributed by atoms with Crippen molar-refractivity contribution in [3.8, 4) is 11.4 Å². The molecule has 0 aliphatic heterocycles. The standard InChI is InChI=1S/C17H19N5OS2/c1-10-7-5-6-8-13(10)14-20-21-17(22(14)4)25-12(3)15(23)19-16-18-11(2)9-24-16/h5-9,12H,1-4H3,(H,18,19,23)/t12-/m0/s1. The number of nitrogens with one attached hydrogen (secondary N) is 1. The second-order valence-electron chi connectivity index (χ2n) is 5.72. The summed E-state index contributed by atoms with van der Waals surface area (Å²) < 4.78 is 1.92. The van der Waals surface area contributed by atoms with Crippen LogP contribution >= 0.6 is 23.1 Å². The van der Waals surface area contributed by atoms with E-state index in [0.29, 0.717) is 10.3 Å². The Morgan fingerprint density at radius 3 is 2.72 bits per heavy atom. The number of hydrogen-bond donors (Lipinski definition) is 1. The van der Waals surface area contributed by atoms with E-state index < -0.39 is 0 Å². The first-order chi connectivity index (χ1) is 12.0. The average Bonchev–Trinajstić information content (AvgIpc) is 3.14. The van der Waals surface area contributed by atoms with Gasteiger partial charge in [-0.25, -0.2) is 4.98 Å². The molecule has 1 atom stereocenters. The smallest absolute Gasteiger partial charge is 0.239 e. The zero-order chi connectivity index (χ0) is 18.0. The zero-order valence-corrected chi connectivity index (χ0v) is 16.1. The first-order valence-electron chi connectivity index (χ1n) is 7.80. The van der Waals surface area contributed by atoms with E-state index in [0.717, 1.165) is 22.6 Å². The van der Waals surface area contributed by atoms with Gasteiger partial charge in [-0.2, -0.15) is 0 Å². The molecule has 0 saturated carbocycles. The van der Waals surface area contributed by atoms with Gasteiger partial charge in [0.15, 0.2) is 16.1 Å². The lowest BCUT2D eigenvalue weighted by Gasteiger charge is -2.10. The van der Waals surface area contributed by atoms with Gasteiger partial charge < -0.3 is 9.88 Å². The topological polar surface area (TPSA) is 72.7 Å². The van der Waals surface area contributed by atoms with Crippen LogP contribution in [0, 0.1) is 13.8 Å². The van der Waals surface area contributed by atoms with Gasteiger partial charge in [0.2, 0.25) is 5.91 Å². The van der Waals surface area contributed by atoms with Crippen LogP contribution < -0.4 is 5.32 Å². The van der Waals surface area contributed by atoms with Crippen LogP contribution in [0.25, 0.3) is 11.4 Å². The number of benzene rings is 1. The molecule has 3 aromatic rings. The molecule has 3 rings (SSSR count). The molecule has 1 N–H and O–H groups in total. The monoisotopic (exact) mass is 373 g/mol. The second kappa shape index (κ2) is 7.37. The van der Waals surface area contributed by atoms with E-state index in [2.05, 4.69) is 20.5 Å². The van der Waals surface area contributed by atoms with Gasteiger partial charge in [-0.15, -0.1) is 21.5 Å². The highest BCUT2D eigenvalue weighted by Gasteiger charge is 2.20. The van der Waals surface area contributed by atoms with Gasteiger partial charge in [0.25, 0.3) is 0 Å². The predicted octanol–water partition coefficient (Wildman–Crippen LogP) is 3.67. The van der Waals surface area contributed by atoms with E-state index in [-0.39, 0.29) is 11.2 Å². The molecule has 0 spiro atoms. The Hall–Kier alpha value is -2.19. The summed E-state index contributed by atoms with van der Waals surface area (Å²) in [5, 5.41) is 14.3. The van der Waals surface area contributed by atoms with Crippen molar-refractivity contribution in [2.75, 3.05) is 5.32 Å². The molecule has 0 radical (unpaired) electrons. The van der Waals surface area contributed by atoms with Crippen LogP contribution in [-0.4, -0.2) is 30.9 Å². The van der Waals surface area contributed by atoms with E-state index in [4.69, 9.17) is 0 Å². The van der Waals surface area contributed by atoms with Crippen LogP contribution in [0.1, 0.15) is 18.2 Å². The number of anilines is 1. The molecule has 1 amide bonds. The summed E-state index contributed by atoms with van der Waals surface area (Å²) >= 11 is 2.80. The number of thiazole rings is 1. The van der Waals surface area contributed by atoms with Crippen LogP contribution in [0.5, 0.6) is 0 Å². The number of hydrogen-bond acceptors (Lipinski definition) is 6. The number of aryl methyl sites for hydroxylation is 2. The molecular weight excluding hydrogens is 354 g/mol. The number of carbonyl (C=O) groups is 1. The van der Waals surface area contributed by atoms with Gasteiger partial charge in [-0.1, -0.05) is 36.0 Å². The van der Waals surface area contributed by atoms with E-state index >= 15 is 0 Å². The molecule has 6 nitrogen and oxygen atoms in total. The maximum Gasteiger partial charge on any atom is 0.239 e. The molecule has 25 heavy (non-hydrogen) atoms. The summed E-state index contributed by atoms with van der Waals surface area (Å²) in [6.07, 6.45) is 0. The molecule has 0 unspecified atom stereocenters. The third-order valence-corrected chi connectivity index (χ3v) is 5.73. The highest BCUT2D eigenvalue weighted by atomic mass is 32.2. The maximum atomic E-state index is 12.3. The number of rotatable bonds is 5. The largest absolute Gasteiger partial charge is 0.305 e. The fourth-order valence-corrected chi connectivity index (χ4v) is 3.81. The number of carbonyl (C=O) groups excluding carboxylic acids is 1. The summed E-state index contributed by atoms with van der Waals surface area (Å²) in [5.74, 6) is 0.698. The summed E-state index contributed by atoms with van der Waals surface area (Å²) in [6.45, 7) is 5.79. The molecular formula is C17H19N5OS2. The van der Waals surface area contributed by atoms with E-state index in [1.165, 1.54) is 23.1 Å². The van der Waals surface area contributed by atoms with Crippen LogP contribution in [0.4, 0.5) is 5.13 Å². The fraction of sp³-hybridized carbons (Fsp3) is 0.294. The van der Waals surface area contributed by atoms with Crippen molar-refractivity contribution in [3.05, 3.63) is 40.9 Å². The third-order valence-electron chi connectivity index (χ3n) is 3.72. The lowest BCUT2D eigenvalue weighted by atomic mass is 10.1. The maximum absolute atomic E-state index is 12.3. The molecule has 0 aliphatic carbocycles. The van der Waals surface area contributed by atoms with Crippen molar-refractivity contribution in [1.82, 2.24) is 19.7 Å². The van der Waals surface area contributed by atoms with Gasteiger partial charge in [0, 0.05) is 18.0 Å². The SMILES string of the molecule is Cc1csc(NC(=O)[C@H](C)Sc2nnc(-c3ccccc3C)n2C)n1. The molecule has 0 fully saturated rings. The first-order valence-corrected chi connectivity index (χ1v) is 9.56. The lowest BCUT2D eigenvalue weighted by molar-refractivity contribution is -0.115. The van der Waals surface area contributed by atoms with Crippen molar-refractivity contribution in [3.63, 3.8) is 0 Å².